The number of H-pyrrole nitrogens is 1. The fourth-order valence-corrected chi connectivity index (χ4v) is 6.62. The van der Waals surface area contributed by atoms with Crippen LogP contribution < -0.4 is 21.3 Å². The Morgan fingerprint density at radius 2 is 1.95 bits per heavy atom. The molecule has 0 bridgehead atoms. The van der Waals surface area contributed by atoms with Crippen LogP contribution in [0.3, 0.4) is 0 Å². The number of nitrogens with zero attached hydrogens (tertiary/aromatic N) is 2. The number of hydrogen-bond acceptors (Lipinski definition) is 7. The first-order valence-corrected chi connectivity index (χ1v) is 14.6. The van der Waals surface area contributed by atoms with Crippen molar-refractivity contribution in [3.8, 4) is 0 Å². The number of piperidine rings is 1. The van der Waals surface area contributed by atoms with Gasteiger partial charge >= 0.3 is 0 Å². The van der Waals surface area contributed by atoms with Gasteiger partial charge in [0.25, 0.3) is 5.56 Å². The molecule has 2 aromatic heterocycles. The maximum absolute atomic E-state index is 13.7. The average molecular weight is 561 g/mol. The van der Waals surface area contributed by atoms with Crippen molar-refractivity contribution in [3.05, 3.63) is 40.4 Å². The molecule has 3 heterocycles. The first-order valence-electron chi connectivity index (χ1n) is 12.7. The van der Waals surface area contributed by atoms with E-state index in [1.807, 2.05) is 13.8 Å². The molecule has 4 rings (SSSR count). The third-order valence-corrected chi connectivity index (χ3v) is 8.67. The van der Waals surface area contributed by atoms with Crippen molar-refractivity contribution in [3.63, 3.8) is 0 Å². The van der Waals surface area contributed by atoms with Gasteiger partial charge < -0.3 is 20.9 Å². The number of carbonyl (C=O) groups is 3. The van der Waals surface area contributed by atoms with Crippen LogP contribution >= 0.6 is 0 Å². The molecule has 5 N–H and O–H groups in total. The predicted octanol–water partition coefficient (Wildman–Crippen LogP) is -0.117. The van der Waals surface area contributed by atoms with Crippen LogP contribution in [-0.4, -0.2) is 71.9 Å². The molecule has 39 heavy (non-hydrogen) atoms. The molecule has 1 saturated heterocycles. The first-order chi connectivity index (χ1) is 17.9. The average Bonchev–Trinajstić information content (AvgIpc) is 3.14. The summed E-state index contributed by atoms with van der Waals surface area (Å²) in [5.41, 5.74) is 5.04. The lowest BCUT2D eigenvalue weighted by Gasteiger charge is -2.37. The van der Waals surface area contributed by atoms with E-state index < -0.39 is 56.8 Å². The third-order valence-electron chi connectivity index (χ3n) is 8.01. The molecule has 1 aliphatic heterocycles. The molecule has 2 aromatic rings. The van der Waals surface area contributed by atoms with E-state index in [0.717, 1.165) is 6.26 Å². The fourth-order valence-electron chi connectivity index (χ4n) is 5.73. The molecule has 3 amide bonds. The number of primary amides is 1. The second kappa shape index (κ2) is 9.70. The lowest BCUT2D eigenvalue weighted by Crippen LogP contribution is -2.60. The molecule has 0 unspecified atom stereocenters. The summed E-state index contributed by atoms with van der Waals surface area (Å²) in [5.74, 6) is -2.05. The number of carbonyl (C=O) groups excluding carboxylic acids is 3. The summed E-state index contributed by atoms with van der Waals surface area (Å²) in [4.78, 5) is 60.6. The van der Waals surface area contributed by atoms with Crippen molar-refractivity contribution in [1.82, 2.24) is 24.9 Å². The van der Waals surface area contributed by atoms with E-state index in [1.165, 1.54) is 4.90 Å². The Morgan fingerprint density at radius 3 is 2.54 bits per heavy atom. The number of rotatable bonds is 8. The number of nitrogens with two attached hydrogens (primary N) is 1. The zero-order chi connectivity index (χ0) is 29.1. The molecule has 0 aromatic carbocycles. The van der Waals surface area contributed by atoms with Crippen LogP contribution in [0.15, 0.2) is 29.3 Å². The van der Waals surface area contributed by atoms with E-state index in [1.54, 1.807) is 45.3 Å². The highest BCUT2D eigenvalue weighted by atomic mass is 32.2. The second-order valence-electron chi connectivity index (χ2n) is 12.3. The van der Waals surface area contributed by atoms with Gasteiger partial charge in [-0.1, -0.05) is 34.6 Å². The van der Waals surface area contributed by atoms with Crippen molar-refractivity contribution in [1.29, 1.82) is 0 Å². The molecule has 2 aliphatic rings. The number of nitrogens with one attached hydrogen (secondary N) is 3. The molecule has 212 valence electrons. The van der Waals surface area contributed by atoms with Crippen molar-refractivity contribution in [2.24, 2.45) is 28.4 Å². The minimum atomic E-state index is -3.72. The lowest BCUT2D eigenvalue weighted by molar-refractivity contribution is -0.144. The van der Waals surface area contributed by atoms with Crippen LogP contribution in [0.1, 0.15) is 40.2 Å². The highest BCUT2D eigenvalue weighted by molar-refractivity contribution is 7.88. The molecular weight excluding hydrogens is 524 g/mol. The maximum atomic E-state index is 13.7. The van der Waals surface area contributed by atoms with Gasteiger partial charge in [0, 0.05) is 36.3 Å². The number of aromatic amines is 1. The minimum Gasteiger partial charge on any atom is -0.368 e. The van der Waals surface area contributed by atoms with E-state index in [2.05, 4.69) is 20.0 Å². The smallest absolute Gasteiger partial charge is 0.251 e. The number of likely N-dealkylation sites (tertiary alicyclic amines) is 1. The summed E-state index contributed by atoms with van der Waals surface area (Å²) in [6.07, 6.45) is 3.94. The van der Waals surface area contributed by atoms with Crippen LogP contribution in [0.2, 0.25) is 0 Å². The molecule has 12 nitrogen and oxygen atoms in total. The quantitative estimate of drug-likeness (QED) is 0.347. The predicted molar refractivity (Wildman–Crippen MR) is 145 cm³/mol. The van der Waals surface area contributed by atoms with Crippen molar-refractivity contribution >= 4 is 38.6 Å². The molecular formula is C26H36N6O6S. The van der Waals surface area contributed by atoms with Gasteiger partial charge in [-0.2, -0.15) is 0 Å². The van der Waals surface area contributed by atoms with E-state index in [4.69, 9.17) is 5.73 Å². The van der Waals surface area contributed by atoms with Gasteiger partial charge in [0.15, 0.2) is 0 Å². The molecule has 1 aliphatic carbocycles. The molecule has 5 atom stereocenters. The number of aromatic nitrogens is 2. The van der Waals surface area contributed by atoms with Gasteiger partial charge in [-0.15, -0.1) is 0 Å². The Morgan fingerprint density at radius 1 is 1.28 bits per heavy atom. The van der Waals surface area contributed by atoms with Gasteiger partial charge in [-0.05, 0) is 34.8 Å². The fraction of sp³-hybridized carbons (Fsp3) is 0.577. The molecule has 2 fully saturated rings. The van der Waals surface area contributed by atoms with Gasteiger partial charge in [0.1, 0.15) is 18.1 Å². The Hall–Kier alpha value is -3.32. The van der Waals surface area contributed by atoms with Crippen LogP contribution in [-0.2, 0) is 30.8 Å². The molecule has 1 saturated carbocycles. The number of sulfonamides is 1. The van der Waals surface area contributed by atoms with Crippen LogP contribution in [0.4, 0.5) is 0 Å². The Kier molecular flexibility index (Phi) is 7.13. The van der Waals surface area contributed by atoms with Gasteiger partial charge in [-0.25, -0.2) is 13.1 Å². The van der Waals surface area contributed by atoms with Gasteiger partial charge in [-0.3, -0.25) is 24.2 Å². The minimum absolute atomic E-state index is 0.0407. The van der Waals surface area contributed by atoms with Gasteiger partial charge in [0.2, 0.25) is 27.7 Å². The third kappa shape index (κ3) is 5.69. The van der Waals surface area contributed by atoms with Gasteiger partial charge in [0.05, 0.1) is 11.8 Å². The highest BCUT2D eigenvalue weighted by Gasteiger charge is 2.69. The number of amides is 3. The number of fused-ring (bicyclic) bond motifs is 2. The standard InChI is InChI=1S/C26H36N6O6S/c1-25(2,3)20(31-39(6,37)38)24(36)32-12-15-18(26(15,4)5)19(32)23(35)30-17(21(27)33)10-13-9-14-11-28-8-7-16(14)29-22(13)34/h7-9,11,15,17-20,31H,10,12H2,1-6H3,(H2,27,33)(H,29,34)(H,30,35)/t15-,17+,18-,19-,20+/m0/s1. The Balaban J connectivity index is 1.61. The van der Waals surface area contributed by atoms with E-state index in [-0.39, 0.29) is 35.8 Å². The van der Waals surface area contributed by atoms with Crippen LogP contribution in [0.5, 0.6) is 0 Å². The molecule has 13 heteroatoms. The first kappa shape index (κ1) is 28.7. The second-order valence-corrected chi connectivity index (χ2v) is 14.1. The Bertz CT molecular complexity index is 1490. The topological polar surface area (TPSA) is 184 Å². The van der Waals surface area contributed by atoms with Crippen molar-refractivity contribution in [2.45, 2.75) is 59.2 Å². The Labute approximate surface area is 227 Å². The summed E-state index contributed by atoms with van der Waals surface area (Å²) in [7, 11) is -3.72. The SMILES string of the molecule is CC(C)(C)[C@H](NS(C)(=O)=O)C(=O)N1C[C@H]2[C@@H]([C@H]1C(=O)N[C@H](Cc1cc3cnccc3[nH]c1=O)C(N)=O)C2(C)C. The van der Waals surface area contributed by atoms with E-state index >= 15 is 0 Å². The van der Waals surface area contributed by atoms with E-state index in [0.29, 0.717) is 10.9 Å². The van der Waals surface area contributed by atoms with Crippen LogP contribution in [0, 0.1) is 22.7 Å². The zero-order valence-corrected chi connectivity index (χ0v) is 23.8. The van der Waals surface area contributed by atoms with E-state index in [9.17, 15) is 27.6 Å². The summed E-state index contributed by atoms with van der Waals surface area (Å²) in [6.45, 7) is 9.52. The summed E-state index contributed by atoms with van der Waals surface area (Å²) in [6, 6.07) is 0.0129. The molecule has 0 spiro atoms. The largest absolute Gasteiger partial charge is 0.368 e. The summed E-state index contributed by atoms with van der Waals surface area (Å²) in [5, 5.41) is 3.33. The molecule has 0 radical (unpaired) electrons. The van der Waals surface area contributed by atoms with Crippen molar-refractivity contribution < 1.29 is 22.8 Å². The highest BCUT2D eigenvalue weighted by Crippen LogP contribution is 2.65. The lowest BCUT2D eigenvalue weighted by atomic mass is 9.86. The number of hydrogen-bond donors (Lipinski definition) is 4. The zero-order valence-electron chi connectivity index (χ0n) is 22.9. The van der Waals surface area contributed by atoms with Crippen molar-refractivity contribution in [2.75, 3.05) is 12.8 Å². The monoisotopic (exact) mass is 560 g/mol. The summed E-state index contributed by atoms with van der Waals surface area (Å²) >= 11 is 0. The normalized spacial score (nSPS) is 23.6. The summed E-state index contributed by atoms with van der Waals surface area (Å²) < 4.78 is 26.5. The van der Waals surface area contributed by atoms with Crippen LogP contribution in [0.25, 0.3) is 10.9 Å². The number of pyridine rings is 2. The maximum Gasteiger partial charge on any atom is 0.251 e.